The lowest BCUT2D eigenvalue weighted by molar-refractivity contribution is -0.160. The first-order valence-corrected chi connectivity index (χ1v) is 9.96. The van der Waals surface area contributed by atoms with Crippen molar-refractivity contribution < 1.29 is 24.6 Å². The smallest absolute Gasteiger partial charge is 0.283 e. The summed E-state index contributed by atoms with van der Waals surface area (Å²) in [5, 5.41) is 22.5. The van der Waals surface area contributed by atoms with E-state index in [9.17, 15) is 15.0 Å². The Balaban J connectivity index is 1.97. The molecule has 0 radical (unpaired) electrons. The number of likely N-dealkylation sites (tertiary alicyclic amines) is 1. The third kappa shape index (κ3) is 3.53. The summed E-state index contributed by atoms with van der Waals surface area (Å²) < 4.78 is 6.14. The van der Waals surface area contributed by atoms with Crippen LogP contribution in [0.25, 0.3) is 0 Å². The monoisotopic (exact) mass is 380 g/mol. The molecular weight excluding hydrogens is 348 g/mol. The maximum Gasteiger partial charge on any atom is 0.283 e. The largest absolute Gasteiger partial charge is 0.485 e. The van der Waals surface area contributed by atoms with Gasteiger partial charge in [0.05, 0.1) is 24.8 Å². The van der Waals surface area contributed by atoms with Crippen LogP contribution in [-0.4, -0.2) is 70.1 Å². The number of carbonyl (C=O) groups excluding carboxylic acids is 1. The molecule has 7 heteroatoms. The van der Waals surface area contributed by atoms with E-state index < -0.39 is 17.7 Å². The van der Waals surface area contributed by atoms with E-state index in [1.165, 1.54) is 7.11 Å². The average molecular weight is 380 g/mol. The standard InChI is InChI=1S/C20H32N2O5/c1-5-6-7-8-15-20(3,25)18(21-11-9-14(23)10-12-21)16-17(27-15)13(2)22(26-4)19(16)24/h14-15,18,23,25H,2,5-12H2,1,3-4H3/t15-,18+,20-/m0/s1. The highest BCUT2D eigenvalue weighted by molar-refractivity contribution is 6.00. The van der Waals surface area contributed by atoms with E-state index in [0.29, 0.717) is 49.4 Å². The van der Waals surface area contributed by atoms with Crippen LogP contribution in [0.4, 0.5) is 0 Å². The minimum Gasteiger partial charge on any atom is -0.485 e. The molecule has 0 aromatic heterocycles. The van der Waals surface area contributed by atoms with Gasteiger partial charge in [-0.2, -0.15) is 5.06 Å². The lowest BCUT2D eigenvalue weighted by Gasteiger charge is -2.49. The van der Waals surface area contributed by atoms with Crippen molar-refractivity contribution in [3.63, 3.8) is 0 Å². The number of rotatable bonds is 6. The quantitative estimate of drug-likeness (QED) is 0.683. The molecule has 1 amide bonds. The molecule has 0 bridgehead atoms. The van der Waals surface area contributed by atoms with Gasteiger partial charge in [0, 0.05) is 13.1 Å². The molecule has 0 saturated carbocycles. The Bertz CT molecular complexity index is 622. The maximum atomic E-state index is 13.0. The van der Waals surface area contributed by atoms with E-state index in [-0.39, 0.29) is 12.0 Å². The number of aliphatic hydroxyl groups is 2. The van der Waals surface area contributed by atoms with Gasteiger partial charge < -0.3 is 14.9 Å². The highest BCUT2D eigenvalue weighted by Crippen LogP contribution is 2.45. The van der Waals surface area contributed by atoms with Gasteiger partial charge in [-0.1, -0.05) is 26.3 Å². The number of ether oxygens (including phenoxy) is 1. The van der Waals surface area contributed by atoms with Gasteiger partial charge in [0.1, 0.15) is 17.4 Å². The molecule has 152 valence electrons. The fraction of sp³-hybridized carbons (Fsp3) is 0.750. The number of piperidine rings is 1. The Kier molecular flexibility index (Phi) is 5.96. The second-order valence-electron chi connectivity index (χ2n) is 7.97. The first kappa shape index (κ1) is 20.3. The van der Waals surface area contributed by atoms with Crippen LogP contribution in [0, 0.1) is 0 Å². The van der Waals surface area contributed by atoms with Gasteiger partial charge in [-0.15, -0.1) is 0 Å². The first-order valence-electron chi connectivity index (χ1n) is 9.96. The maximum absolute atomic E-state index is 13.0. The predicted octanol–water partition coefficient (Wildman–Crippen LogP) is 1.71. The molecule has 3 aliphatic heterocycles. The number of amides is 1. The fourth-order valence-electron chi connectivity index (χ4n) is 4.50. The zero-order chi connectivity index (χ0) is 19.8. The molecule has 0 aromatic rings. The van der Waals surface area contributed by atoms with Gasteiger partial charge in [0.2, 0.25) is 0 Å². The first-order chi connectivity index (χ1) is 12.8. The third-order valence-electron chi connectivity index (χ3n) is 6.02. The number of unbranched alkanes of at least 4 members (excludes halogenated alkanes) is 2. The Hall–Kier alpha value is -1.41. The molecule has 0 spiro atoms. The van der Waals surface area contributed by atoms with Gasteiger partial charge in [-0.3, -0.25) is 14.5 Å². The van der Waals surface area contributed by atoms with Crippen molar-refractivity contribution in [2.45, 2.75) is 76.2 Å². The molecule has 3 heterocycles. The summed E-state index contributed by atoms with van der Waals surface area (Å²) >= 11 is 0. The summed E-state index contributed by atoms with van der Waals surface area (Å²) in [4.78, 5) is 20.3. The van der Waals surface area contributed by atoms with E-state index in [1.54, 1.807) is 6.92 Å². The van der Waals surface area contributed by atoms with Crippen LogP contribution in [0.5, 0.6) is 0 Å². The molecule has 3 atom stereocenters. The van der Waals surface area contributed by atoms with Crippen LogP contribution in [0.15, 0.2) is 23.6 Å². The topological polar surface area (TPSA) is 82.5 Å². The van der Waals surface area contributed by atoms with Gasteiger partial charge >= 0.3 is 0 Å². The SMILES string of the molecule is C=C1C2=C(C(=O)N1OC)[C@@H](N1CCC(O)CC1)[C@@](C)(O)[C@H](CCCCC)O2. The molecule has 0 aromatic carbocycles. The van der Waals surface area contributed by atoms with Crippen LogP contribution in [0.2, 0.25) is 0 Å². The predicted molar refractivity (Wildman–Crippen MR) is 100 cm³/mol. The van der Waals surface area contributed by atoms with Gasteiger partial charge in [-0.05, 0) is 32.6 Å². The number of hydrogen-bond acceptors (Lipinski definition) is 6. The highest BCUT2D eigenvalue weighted by Gasteiger charge is 2.56. The van der Waals surface area contributed by atoms with Crippen molar-refractivity contribution in [3.05, 3.63) is 23.6 Å². The van der Waals surface area contributed by atoms with Gasteiger partial charge in [-0.25, -0.2) is 0 Å². The number of aliphatic hydroxyl groups excluding tert-OH is 1. The van der Waals surface area contributed by atoms with Gasteiger partial charge in [0.25, 0.3) is 5.91 Å². The lowest BCUT2D eigenvalue weighted by atomic mass is 9.79. The molecule has 3 rings (SSSR count). The van der Waals surface area contributed by atoms with Crippen LogP contribution < -0.4 is 0 Å². The second kappa shape index (κ2) is 7.91. The number of carbonyl (C=O) groups is 1. The van der Waals surface area contributed by atoms with Crippen molar-refractivity contribution in [2.75, 3.05) is 20.2 Å². The lowest BCUT2D eigenvalue weighted by Crippen LogP contribution is -2.63. The Morgan fingerprint density at radius 2 is 2.00 bits per heavy atom. The molecular formula is C20H32N2O5. The van der Waals surface area contributed by atoms with Crippen LogP contribution in [-0.2, 0) is 14.4 Å². The van der Waals surface area contributed by atoms with E-state index in [0.717, 1.165) is 24.3 Å². The number of hydrogen-bond donors (Lipinski definition) is 2. The molecule has 27 heavy (non-hydrogen) atoms. The molecule has 0 unspecified atom stereocenters. The Morgan fingerprint density at radius 1 is 1.33 bits per heavy atom. The summed E-state index contributed by atoms with van der Waals surface area (Å²) in [6.07, 6.45) is 4.29. The van der Waals surface area contributed by atoms with E-state index in [1.807, 2.05) is 0 Å². The number of hydroxylamine groups is 2. The second-order valence-corrected chi connectivity index (χ2v) is 7.97. The third-order valence-corrected chi connectivity index (χ3v) is 6.02. The van der Waals surface area contributed by atoms with E-state index in [2.05, 4.69) is 18.4 Å². The van der Waals surface area contributed by atoms with E-state index >= 15 is 0 Å². The van der Waals surface area contributed by atoms with Crippen molar-refractivity contribution in [1.29, 1.82) is 0 Å². The molecule has 1 saturated heterocycles. The summed E-state index contributed by atoms with van der Waals surface area (Å²) in [6.45, 7) is 9.10. The van der Waals surface area contributed by atoms with Crippen LogP contribution in [0.3, 0.4) is 0 Å². The molecule has 0 aliphatic carbocycles. The van der Waals surface area contributed by atoms with Crippen molar-refractivity contribution in [2.24, 2.45) is 0 Å². The number of nitrogens with zero attached hydrogens (tertiary/aromatic N) is 2. The zero-order valence-corrected chi connectivity index (χ0v) is 16.6. The molecule has 7 nitrogen and oxygen atoms in total. The molecule has 2 N–H and O–H groups in total. The zero-order valence-electron chi connectivity index (χ0n) is 16.6. The molecule has 1 fully saturated rings. The van der Waals surface area contributed by atoms with Crippen molar-refractivity contribution >= 4 is 5.91 Å². The summed E-state index contributed by atoms with van der Waals surface area (Å²) in [6, 6.07) is -0.509. The highest BCUT2D eigenvalue weighted by atomic mass is 16.7. The Morgan fingerprint density at radius 3 is 2.59 bits per heavy atom. The normalized spacial score (nSPS) is 32.9. The minimum atomic E-state index is -1.23. The summed E-state index contributed by atoms with van der Waals surface area (Å²) in [5.74, 6) is 0.104. The minimum absolute atomic E-state index is 0.329. The summed E-state index contributed by atoms with van der Waals surface area (Å²) in [7, 11) is 1.42. The Labute approximate surface area is 161 Å². The van der Waals surface area contributed by atoms with E-state index in [4.69, 9.17) is 9.57 Å². The van der Waals surface area contributed by atoms with Crippen LogP contribution >= 0.6 is 0 Å². The van der Waals surface area contributed by atoms with Crippen molar-refractivity contribution in [3.8, 4) is 0 Å². The van der Waals surface area contributed by atoms with Crippen LogP contribution in [0.1, 0.15) is 52.4 Å². The summed E-state index contributed by atoms with van der Waals surface area (Å²) in [5.41, 5.74) is -0.431. The average Bonchev–Trinajstić information content (AvgIpc) is 2.86. The van der Waals surface area contributed by atoms with Gasteiger partial charge in [0.15, 0.2) is 5.76 Å². The van der Waals surface area contributed by atoms with Crippen molar-refractivity contribution in [1.82, 2.24) is 9.96 Å². The fourth-order valence-corrected chi connectivity index (χ4v) is 4.50. The molecule has 3 aliphatic rings.